The first-order chi connectivity index (χ1) is 7.66. The van der Waals surface area contributed by atoms with E-state index in [1.54, 1.807) is 17.8 Å². The van der Waals surface area contributed by atoms with Crippen LogP contribution in [0, 0.1) is 0 Å². The van der Waals surface area contributed by atoms with E-state index in [9.17, 15) is 5.11 Å². The number of hydrogen-bond acceptors (Lipinski definition) is 3. The molecule has 0 spiro atoms. The van der Waals surface area contributed by atoms with Crippen LogP contribution < -0.4 is 0 Å². The van der Waals surface area contributed by atoms with Crippen molar-refractivity contribution in [1.82, 2.24) is 15.0 Å². The zero-order chi connectivity index (χ0) is 11.5. The van der Waals surface area contributed by atoms with Crippen molar-refractivity contribution in [1.29, 1.82) is 0 Å². The molecule has 5 heteroatoms. The number of hydrogen-bond donors (Lipinski definition) is 1. The molecule has 0 saturated carbocycles. The van der Waals surface area contributed by atoms with Gasteiger partial charge in [-0.2, -0.15) is 0 Å². The molecular formula is C11H12ClN3O. The number of aromatic nitrogens is 3. The summed E-state index contributed by atoms with van der Waals surface area (Å²) in [6, 6.07) is 7.58. The van der Waals surface area contributed by atoms with E-state index in [4.69, 9.17) is 11.6 Å². The van der Waals surface area contributed by atoms with Crippen molar-refractivity contribution in [2.45, 2.75) is 19.6 Å². The fraction of sp³-hybridized carbons (Fsp3) is 0.273. The second-order valence-corrected chi connectivity index (χ2v) is 4.02. The van der Waals surface area contributed by atoms with Crippen molar-refractivity contribution >= 4 is 11.6 Å². The Morgan fingerprint density at radius 2 is 2.19 bits per heavy atom. The Hall–Kier alpha value is -1.39. The number of nitrogens with zero attached hydrogens (tertiary/aromatic N) is 3. The first-order valence-corrected chi connectivity index (χ1v) is 5.36. The first kappa shape index (κ1) is 11.1. The number of aliphatic hydroxyl groups excluding tert-OH is 1. The molecule has 1 N–H and O–H groups in total. The fourth-order valence-corrected chi connectivity index (χ4v) is 1.58. The molecule has 84 valence electrons. The Bertz CT molecular complexity index is 482. The van der Waals surface area contributed by atoms with E-state index < -0.39 is 6.10 Å². The van der Waals surface area contributed by atoms with Crippen LogP contribution in [0.3, 0.4) is 0 Å². The van der Waals surface area contributed by atoms with Crippen molar-refractivity contribution < 1.29 is 5.11 Å². The Morgan fingerprint density at radius 1 is 1.44 bits per heavy atom. The van der Waals surface area contributed by atoms with Gasteiger partial charge in [-0.1, -0.05) is 35.0 Å². The Kier molecular flexibility index (Phi) is 3.22. The second kappa shape index (κ2) is 4.63. The van der Waals surface area contributed by atoms with Crippen LogP contribution in [0.5, 0.6) is 0 Å². The van der Waals surface area contributed by atoms with Gasteiger partial charge in [-0.25, -0.2) is 4.68 Å². The van der Waals surface area contributed by atoms with E-state index in [0.29, 0.717) is 17.3 Å². The van der Waals surface area contributed by atoms with Gasteiger partial charge in [0.15, 0.2) is 0 Å². The summed E-state index contributed by atoms with van der Waals surface area (Å²) in [4.78, 5) is 0. The predicted octanol–water partition coefficient (Wildman–Crippen LogP) is 2.03. The quantitative estimate of drug-likeness (QED) is 0.889. The number of aliphatic hydroxyl groups is 1. The molecule has 0 bridgehead atoms. The molecule has 0 radical (unpaired) electrons. The molecule has 0 aliphatic carbocycles. The van der Waals surface area contributed by atoms with Gasteiger partial charge in [-0.05, 0) is 18.6 Å². The van der Waals surface area contributed by atoms with Crippen LogP contribution in [-0.4, -0.2) is 20.1 Å². The van der Waals surface area contributed by atoms with Crippen LogP contribution in [-0.2, 0) is 6.54 Å². The first-order valence-electron chi connectivity index (χ1n) is 4.98. The lowest BCUT2D eigenvalue weighted by molar-refractivity contribution is 0.194. The summed E-state index contributed by atoms with van der Waals surface area (Å²) in [5.74, 6) is 0. The largest absolute Gasteiger partial charge is 0.387 e. The fourth-order valence-electron chi connectivity index (χ4n) is 1.38. The van der Waals surface area contributed by atoms with Crippen LogP contribution in [0.4, 0.5) is 0 Å². The summed E-state index contributed by atoms with van der Waals surface area (Å²) in [6.07, 6.45) is 1.12. The lowest BCUT2D eigenvalue weighted by Crippen LogP contribution is -2.00. The van der Waals surface area contributed by atoms with Gasteiger partial charge < -0.3 is 5.11 Å². The molecule has 0 fully saturated rings. The summed E-state index contributed by atoms with van der Waals surface area (Å²) >= 11 is 6.03. The number of rotatable bonds is 3. The van der Waals surface area contributed by atoms with Gasteiger partial charge in [0, 0.05) is 5.02 Å². The molecule has 2 rings (SSSR count). The molecule has 1 aromatic carbocycles. The highest BCUT2D eigenvalue weighted by Crippen LogP contribution is 2.16. The maximum Gasteiger partial charge on any atom is 0.111 e. The number of benzene rings is 1. The van der Waals surface area contributed by atoms with Gasteiger partial charge in [0.2, 0.25) is 0 Å². The van der Waals surface area contributed by atoms with Gasteiger partial charge in [-0.15, -0.1) is 5.10 Å². The SMILES string of the molecule is CC(O)c1cn(Cc2ccccc2Cl)nn1. The van der Waals surface area contributed by atoms with E-state index >= 15 is 0 Å². The molecule has 0 aliphatic rings. The summed E-state index contributed by atoms with van der Waals surface area (Å²) in [5.41, 5.74) is 1.54. The highest BCUT2D eigenvalue weighted by atomic mass is 35.5. The maximum atomic E-state index is 9.32. The van der Waals surface area contributed by atoms with E-state index in [1.807, 2.05) is 24.3 Å². The van der Waals surface area contributed by atoms with Crippen molar-refractivity contribution in [2.24, 2.45) is 0 Å². The van der Waals surface area contributed by atoms with E-state index in [1.165, 1.54) is 0 Å². The van der Waals surface area contributed by atoms with Crippen LogP contribution >= 0.6 is 11.6 Å². The average molecular weight is 238 g/mol. The number of halogens is 1. The smallest absolute Gasteiger partial charge is 0.111 e. The molecule has 1 unspecified atom stereocenters. The standard InChI is InChI=1S/C11H12ClN3O/c1-8(16)11-7-15(14-13-11)6-9-4-2-3-5-10(9)12/h2-5,7-8,16H,6H2,1H3. The minimum Gasteiger partial charge on any atom is -0.387 e. The minimum atomic E-state index is -0.597. The zero-order valence-corrected chi connectivity index (χ0v) is 9.59. The topological polar surface area (TPSA) is 50.9 Å². The lowest BCUT2D eigenvalue weighted by atomic mass is 10.2. The van der Waals surface area contributed by atoms with E-state index in [2.05, 4.69) is 10.3 Å². The molecule has 0 saturated heterocycles. The van der Waals surface area contributed by atoms with Crippen molar-refractivity contribution in [3.8, 4) is 0 Å². The predicted molar refractivity (Wildman–Crippen MR) is 61.2 cm³/mol. The maximum absolute atomic E-state index is 9.32. The van der Waals surface area contributed by atoms with Gasteiger partial charge >= 0.3 is 0 Å². The van der Waals surface area contributed by atoms with Crippen LogP contribution in [0.1, 0.15) is 24.3 Å². The molecule has 2 aromatic rings. The molecule has 1 atom stereocenters. The highest BCUT2D eigenvalue weighted by Gasteiger charge is 2.07. The van der Waals surface area contributed by atoms with Gasteiger partial charge in [-0.3, -0.25) is 0 Å². The lowest BCUT2D eigenvalue weighted by Gasteiger charge is -2.02. The zero-order valence-electron chi connectivity index (χ0n) is 8.84. The normalized spacial score (nSPS) is 12.7. The summed E-state index contributed by atoms with van der Waals surface area (Å²) in [7, 11) is 0. The van der Waals surface area contributed by atoms with Gasteiger partial charge in [0.1, 0.15) is 5.69 Å². The molecule has 1 heterocycles. The summed E-state index contributed by atoms with van der Waals surface area (Å²) in [6.45, 7) is 2.21. The van der Waals surface area contributed by atoms with E-state index in [-0.39, 0.29) is 0 Å². The molecular weight excluding hydrogens is 226 g/mol. The monoisotopic (exact) mass is 237 g/mol. The van der Waals surface area contributed by atoms with Crippen LogP contribution in [0.25, 0.3) is 0 Å². The third kappa shape index (κ3) is 2.40. The second-order valence-electron chi connectivity index (χ2n) is 3.61. The molecule has 0 amide bonds. The highest BCUT2D eigenvalue weighted by molar-refractivity contribution is 6.31. The van der Waals surface area contributed by atoms with E-state index in [0.717, 1.165) is 5.56 Å². The van der Waals surface area contributed by atoms with Gasteiger partial charge in [0.25, 0.3) is 0 Å². The third-order valence-corrected chi connectivity index (χ3v) is 2.64. The van der Waals surface area contributed by atoms with Crippen LogP contribution in [0.15, 0.2) is 30.5 Å². The molecule has 1 aromatic heterocycles. The summed E-state index contributed by atoms with van der Waals surface area (Å²) in [5, 5.41) is 17.8. The minimum absolute atomic E-state index is 0.555. The third-order valence-electron chi connectivity index (χ3n) is 2.27. The van der Waals surface area contributed by atoms with Gasteiger partial charge in [0.05, 0.1) is 18.8 Å². The van der Waals surface area contributed by atoms with Crippen molar-refractivity contribution in [2.75, 3.05) is 0 Å². The average Bonchev–Trinajstić information content (AvgIpc) is 2.70. The molecule has 4 nitrogen and oxygen atoms in total. The Labute approximate surface area is 98.5 Å². The van der Waals surface area contributed by atoms with Crippen LogP contribution in [0.2, 0.25) is 5.02 Å². The molecule has 0 aliphatic heterocycles. The molecule has 16 heavy (non-hydrogen) atoms. The Balaban J connectivity index is 2.18. The van der Waals surface area contributed by atoms with Crippen molar-refractivity contribution in [3.05, 3.63) is 46.7 Å². The van der Waals surface area contributed by atoms with Crippen molar-refractivity contribution in [3.63, 3.8) is 0 Å². The summed E-state index contributed by atoms with van der Waals surface area (Å²) < 4.78 is 1.66. The Morgan fingerprint density at radius 3 is 2.81 bits per heavy atom.